The van der Waals surface area contributed by atoms with Crippen molar-refractivity contribution < 1.29 is 9.90 Å². The molecular formula is C8H9N5O2. The lowest BCUT2D eigenvalue weighted by atomic mass is 9.89. The number of carbonyl (C=O) groups is 1. The number of hydrogen-bond acceptors (Lipinski definition) is 5. The maximum absolute atomic E-state index is 11.0. The SMILES string of the molecule is CC(C)(C(=O)O)c1ccc2nnnn2n1. The predicted octanol–water partition coefficient (Wildman–Crippen LogP) is -0.119. The maximum atomic E-state index is 11.0. The van der Waals surface area contributed by atoms with Gasteiger partial charge in [-0.2, -0.15) is 5.10 Å². The number of nitrogens with zero attached hydrogens (tertiary/aromatic N) is 5. The first-order valence-electron chi connectivity index (χ1n) is 4.31. The second-order valence-corrected chi connectivity index (χ2v) is 3.68. The molecule has 0 bridgehead atoms. The Labute approximate surface area is 84.7 Å². The summed E-state index contributed by atoms with van der Waals surface area (Å²) in [6.45, 7) is 3.15. The first-order chi connectivity index (χ1) is 7.01. The Kier molecular flexibility index (Phi) is 1.88. The Morgan fingerprint density at radius 3 is 2.87 bits per heavy atom. The molecule has 0 saturated heterocycles. The van der Waals surface area contributed by atoms with Crippen molar-refractivity contribution in [2.45, 2.75) is 19.3 Å². The molecule has 2 heterocycles. The Morgan fingerprint density at radius 2 is 2.20 bits per heavy atom. The fourth-order valence-corrected chi connectivity index (χ4v) is 1.09. The van der Waals surface area contributed by atoms with E-state index in [-0.39, 0.29) is 0 Å². The molecule has 7 heteroatoms. The molecule has 0 saturated carbocycles. The van der Waals surface area contributed by atoms with Crippen molar-refractivity contribution in [2.24, 2.45) is 0 Å². The molecule has 78 valence electrons. The number of carboxylic acids is 1. The summed E-state index contributed by atoms with van der Waals surface area (Å²) in [5, 5.41) is 23.7. The number of aromatic nitrogens is 5. The van der Waals surface area contributed by atoms with E-state index < -0.39 is 11.4 Å². The highest BCUT2D eigenvalue weighted by atomic mass is 16.4. The quantitative estimate of drug-likeness (QED) is 0.737. The first-order valence-corrected chi connectivity index (χ1v) is 4.31. The number of tetrazole rings is 1. The third-order valence-corrected chi connectivity index (χ3v) is 2.24. The van der Waals surface area contributed by atoms with Gasteiger partial charge in [0, 0.05) is 0 Å². The van der Waals surface area contributed by atoms with Crippen molar-refractivity contribution in [2.75, 3.05) is 0 Å². The Balaban J connectivity index is 2.57. The van der Waals surface area contributed by atoms with E-state index >= 15 is 0 Å². The molecule has 0 unspecified atom stereocenters. The van der Waals surface area contributed by atoms with Gasteiger partial charge < -0.3 is 5.11 Å². The van der Waals surface area contributed by atoms with Gasteiger partial charge in [0.05, 0.1) is 5.69 Å². The van der Waals surface area contributed by atoms with Gasteiger partial charge in [0.15, 0.2) is 5.65 Å². The van der Waals surface area contributed by atoms with Gasteiger partial charge in [-0.15, -0.1) is 9.73 Å². The topological polar surface area (TPSA) is 93.3 Å². The summed E-state index contributed by atoms with van der Waals surface area (Å²) >= 11 is 0. The van der Waals surface area contributed by atoms with Crippen LogP contribution in [0.2, 0.25) is 0 Å². The summed E-state index contributed by atoms with van der Waals surface area (Å²) in [5.74, 6) is -0.942. The molecule has 0 atom stereocenters. The molecule has 0 aliphatic rings. The third-order valence-electron chi connectivity index (χ3n) is 2.24. The van der Waals surface area contributed by atoms with Gasteiger partial charge in [-0.05, 0) is 36.4 Å². The molecule has 0 radical (unpaired) electrons. The second-order valence-electron chi connectivity index (χ2n) is 3.68. The van der Waals surface area contributed by atoms with E-state index in [4.69, 9.17) is 5.11 Å². The van der Waals surface area contributed by atoms with Crippen LogP contribution in [0.4, 0.5) is 0 Å². The van der Waals surface area contributed by atoms with Gasteiger partial charge in [0.2, 0.25) is 0 Å². The summed E-state index contributed by atoms with van der Waals surface area (Å²) in [6, 6.07) is 3.24. The molecule has 0 aliphatic carbocycles. The fraction of sp³-hybridized carbons (Fsp3) is 0.375. The monoisotopic (exact) mass is 207 g/mol. The molecular weight excluding hydrogens is 198 g/mol. The molecule has 1 N–H and O–H groups in total. The van der Waals surface area contributed by atoms with Crippen LogP contribution in [0.3, 0.4) is 0 Å². The minimum absolute atomic E-state index is 0.412. The Hall–Kier alpha value is -2.05. The number of rotatable bonds is 2. The summed E-state index contributed by atoms with van der Waals surface area (Å²) in [7, 11) is 0. The highest BCUT2D eigenvalue weighted by Crippen LogP contribution is 2.20. The second kappa shape index (κ2) is 2.97. The van der Waals surface area contributed by atoms with E-state index in [9.17, 15) is 4.79 Å². The highest BCUT2D eigenvalue weighted by Gasteiger charge is 2.31. The number of fused-ring (bicyclic) bond motifs is 1. The molecule has 0 amide bonds. The van der Waals surface area contributed by atoms with E-state index in [0.29, 0.717) is 11.3 Å². The van der Waals surface area contributed by atoms with Crippen molar-refractivity contribution in [3.63, 3.8) is 0 Å². The Morgan fingerprint density at radius 1 is 1.47 bits per heavy atom. The standard InChI is InChI=1S/C8H9N5O2/c1-8(2,7(14)15)5-3-4-6-9-11-12-13(6)10-5/h3-4H,1-2H3,(H,14,15). The van der Waals surface area contributed by atoms with Crippen molar-refractivity contribution in [3.8, 4) is 0 Å². The normalized spacial score (nSPS) is 11.9. The molecule has 0 spiro atoms. The van der Waals surface area contributed by atoms with E-state index in [1.807, 2.05) is 0 Å². The zero-order chi connectivity index (χ0) is 11.1. The van der Waals surface area contributed by atoms with Crippen molar-refractivity contribution >= 4 is 11.6 Å². The van der Waals surface area contributed by atoms with Crippen molar-refractivity contribution in [3.05, 3.63) is 17.8 Å². The van der Waals surface area contributed by atoms with Crippen LogP contribution in [0.25, 0.3) is 5.65 Å². The van der Waals surface area contributed by atoms with Crippen LogP contribution < -0.4 is 0 Å². The van der Waals surface area contributed by atoms with E-state index in [1.165, 1.54) is 4.63 Å². The van der Waals surface area contributed by atoms with Gasteiger partial charge in [0.25, 0.3) is 0 Å². The van der Waals surface area contributed by atoms with Crippen LogP contribution in [0.15, 0.2) is 12.1 Å². The molecule has 2 rings (SSSR count). The zero-order valence-corrected chi connectivity index (χ0v) is 8.25. The average Bonchev–Trinajstić information content (AvgIpc) is 2.63. The van der Waals surface area contributed by atoms with Crippen LogP contribution in [0.1, 0.15) is 19.5 Å². The zero-order valence-electron chi connectivity index (χ0n) is 8.25. The fourth-order valence-electron chi connectivity index (χ4n) is 1.09. The maximum Gasteiger partial charge on any atom is 0.315 e. The summed E-state index contributed by atoms with van der Waals surface area (Å²) in [4.78, 5) is 11.0. The van der Waals surface area contributed by atoms with E-state index in [2.05, 4.69) is 20.6 Å². The summed E-state index contributed by atoms with van der Waals surface area (Å²) in [6.07, 6.45) is 0. The molecule has 0 aliphatic heterocycles. The van der Waals surface area contributed by atoms with Gasteiger partial charge in [-0.25, -0.2) is 0 Å². The predicted molar refractivity (Wildman–Crippen MR) is 49.2 cm³/mol. The lowest BCUT2D eigenvalue weighted by Gasteiger charge is -2.17. The number of hydrogen-bond donors (Lipinski definition) is 1. The molecule has 2 aromatic rings. The van der Waals surface area contributed by atoms with Crippen LogP contribution in [0, 0.1) is 0 Å². The molecule has 2 aromatic heterocycles. The molecule has 0 fully saturated rings. The van der Waals surface area contributed by atoms with E-state index in [0.717, 1.165) is 0 Å². The number of carboxylic acid groups (broad SMARTS) is 1. The van der Waals surface area contributed by atoms with Crippen molar-refractivity contribution in [1.29, 1.82) is 0 Å². The summed E-state index contributed by atoms with van der Waals surface area (Å²) in [5.41, 5.74) is -0.158. The van der Waals surface area contributed by atoms with Gasteiger partial charge in [-0.3, -0.25) is 4.79 Å². The van der Waals surface area contributed by atoms with Crippen molar-refractivity contribution in [1.82, 2.24) is 25.3 Å². The minimum Gasteiger partial charge on any atom is -0.481 e. The first kappa shape index (κ1) is 9.50. The van der Waals surface area contributed by atoms with Crippen LogP contribution in [0.5, 0.6) is 0 Å². The molecule has 15 heavy (non-hydrogen) atoms. The van der Waals surface area contributed by atoms with Gasteiger partial charge >= 0.3 is 5.97 Å². The van der Waals surface area contributed by atoms with Gasteiger partial charge in [0.1, 0.15) is 5.41 Å². The van der Waals surface area contributed by atoms with Crippen LogP contribution in [-0.2, 0) is 10.2 Å². The molecule has 0 aromatic carbocycles. The lowest BCUT2D eigenvalue weighted by Crippen LogP contribution is -2.30. The van der Waals surface area contributed by atoms with Crippen LogP contribution >= 0.6 is 0 Å². The van der Waals surface area contributed by atoms with Gasteiger partial charge in [-0.1, -0.05) is 0 Å². The average molecular weight is 207 g/mol. The number of aliphatic carboxylic acids is 1. The molecule has 7 nitrogen and oxygen atoms in total. The Bertz CT molecular complexity index is 518. The third kappa shape index (κ3) is 1.41. The largest absolute Gasteiger partial charge is 0.481 e. The van der Waals surface area contributed by atoms with E-state index in [1.54, 1.807) is 26.0 Å². The minimum atomic E-state index is -1.06. The highest BCUT2D eigenvalue weighted by molar-refractivity contribution is 5.79. The van der Waals surface area contributed by atoms with Crippen LogP contribution in [-0.4, -0.2) is 36.3 Å². The lowest BCUT2D eigenvalue weighted by molar-refractivity contribution is -0.142. The summed E-state index contributed by atoms with van der Waals surface area (Å²) < 4.78 is 1.21. The smallest absolute Gasteiger partial charge is 0.315 e.